The van der Waals surface area contributed by atoms with E-state index in [0.717, 1.165) is 19.6 Å². The second kappa shape index (κ2) is 12.4. The molecule has 0 saturated carbocycles. The Kier molecular flexibility index (Phi) is 11.1. The largest absolute Gasteiger partial charge is 0.361 e. The van der Waals surface area contributed by atoms with E-state index in [1.807, 2.05) is 0 Å². The van der Waals surface area contributed by atoms with Gasteiger partial charge in [-0.05, 0) is 58.3 Å². The lowest BCUT2D eigenvalue weighted by Gasteiger charge is -2.66. The number of benzene rings is 1. The molecule has 0 amide bonds. The maximum absolute atomic E-state index is 8.25. The van der Waals surface area contributed by atoms with Gasteiger partial charge in [0.2, 0.25) is 0 Å². The van der Waals surface area contributed by atoms with Gasteiger partial charge in [0.05, 0.1) is 18.0 Å². The van der Waals surface area contributed by atoms with Gasteiger partial charge in [-0.25, -0.2) is 0 Å². The van der Waals surface area contributed by atoms with Gasteiger partial charge in [0.1, 0.15) is 0 Å². The van der Waals surface area contributed by atoms with Gasteiger partial charge < -0.3 is 20.2 Å². The Bertz CT molecular complexity index is 908. The van der Waals surface area contributed by atoms with Gasteiger partial charge in [-0.1, -0.05) is 113 Å². The molecule has 1 aromatic carbocycles. The summed E-state index contributed by atoms with van der Waals surface area (Å²) in [6.45, 7) is 33.1. The zero-order valence-corrected chi connectivity index (χ0v) is 26.5. The Labute approximate surface area is 233 Å². The quantitative estimate of drug-likeness (QED) is 0.224. The van der Waals surface area contributed by atoms with Crippen molar-refractivity contribution in [1.82, 2.24) is 4.90 Å². The molecule has 0 saturated heterocycles. The molecule has 2 atom stereocenters. The summed E-state index contributed by atoms with van der Waals surface area (Å²) in [5, 5.41) is 14.8. The summed E-state index contributed by atoms with van der Waals surface area (Å²) in [7, 11) is 0. The number of hydrogen-bond acceptors (Lipinski definition) is 5. The predicted molar refractivity (Wildman–Crippen MR) is 162 cm³/mol. The molecular formula is C32H56N3O3-. The average Bonchev–Trinajstić information content (AvgIpc) is 3.29. The van der Waals surface area contributed by atoms with Crippen LogP contribution in [-0.2, 0) is 5.41 Å². The fourth-order valence-electron chi connectivity index (χ4n) is 6.37. The lowest BCUT2D eigenvalue weighted by atomic mass is 9.38. The summed E-state index contributed by atoms with van der Waals surface area (Å²) in [6.07, 6.45) is 6.95. The first-order valence-corrected chi connectivity index (χ1v) is 14.2. The summed E-state index contributed by atoms with van der Waals surface area (Å²) in [5.41, 5.74) is 2.30. The molecule has 2 unspecified atom stereocenters. The van der Waals surface area contributed by atoms with Crippen LogP contribution in [0.3, 0.4) is 0 Å². The Balaban J connectivity index is 0.00000168. The third kappa shape index (κ3) is 7.72. The molecule has 1 aliphatic heterocycles. The fourth-order valence-corrected chi connectivity index (χ4v) is 6.37. The van der Waals surface area contributed by atoms with E-state index >= 15 is 0 Å². The van der Waals surface area contributed by atoms with Crippen LogP contribution in [0.25, 0.3) is 0 Å². The molecule has 6 heteroatoms. The molecular weight excluding hydrogens is 474 g/mol. The molecule has 0 aromatic heterocycles. The van der Waals surface area contributed by atoms with Crippen LogP contribution in [0, 0.1) is 42.4 Å². The highest BCUT2D eigenvalue weighted by molar-refractivity contribution is 5.56. The zero-order chi connectivity index (χ0) is 29.6. The molecule has 1 aromatic rings. The molecule has 0 aliphatic carbocycles. The number of nitrogens with zero attached hydrogens (tertiary/aromatic N) is 3. The molecule has 2 rings (SSSR count). The van der Waals surface area contributed by atoms with Crippen molar-refractivity contribution in [3.63, 3.8) is 0 Å². The number of rotatable bonds is 10. The minimum absolute atomic E-state index is 0.0106. The first kappa shape index (κ1) is 33.9. The molecule has 0 bridgehead atoms. The summed E-state index contributed by atoms with van der Waals surface area (Å²) < 4.78 is 0. The SMILES string of the molecule is CC(C)(C)CCC(C)(C(C)(C)CCCN1C=NCC1)C(C)(c1ccccc1)C(C)(C)C(C)(C)C.O=[N+]([O-])[O-]. The minimum Gasteiger partial charge on any atom is -0.361 e. The summed E-state index contributed by atoms with van der Waals surface area (Å²) in [5.74, 6) is 0. The molecule has 0 fully saturated rings. The smallest absolute Gasteiger partial charge is 0.0851 e. The van der Waals surface area contributed by atoms with Crippen molar-refractivity contribution in [1.29, 1.82) is 0 Å². The highest BCUT2D eigenvalue weighted by Gasteiger charge is 2.62. The summed E-state index contributed by atoms with van der Waals surface area (Å²) in [6, 6.07) is 11.5. The summed E-state index contributed by atoms with van der Waals surface area (Å²) in [4.78, 5) is 15.1. The Morgan fingerprint density at radius 3 is 1.79 bits per heavy atom. The van der Waals surface area contributed by atoms with Crippen LogP contribution in [0.15, 0.2) is 35.3 Å². The molecule has 0 N–H and O–H groups in total. The number of hydrogen-bond donors (Lipinski definition) is 0. The second-order valence-corrected chi connectivity index (χ2v) is 15.0. The topological polar surface area (TPSA) is 81.8 Å². The van der Waals surface area contributed by atoms with E-state index in [2.05, 4.69) is 130 Å². The van der Waals surface area contributed by atoms with Crippen LogP contribution >= 0.6 is 0 Å². The molecule has 38 heavy (non-hydrogen) atoms. The lowest BCUT2D eigenvalue weighted by molar-refractivity contribution is -0.402. The van der Waals surface area contributed by atoms with Crippen LogP contribution in [0.4, 0.5) is 0 Å². The fraction of sp³-hybridized carbons (Fsp3) is 0.781. The van der Waals surface area contributed by atoms with E-state index in [9.17, 15) is 0 Å². The molecule has 6 nitrogen and oxygen atoms in total. The van der Waals surface area contributed by atoms with E-state index < -0.39 is 5.09 Å². The monoisotopic (exact) mass is 530 g/mol. The van der Waals surface area contributed by atoms with Gasteiger partial charge in [0, 0.05) is 18.5 Å². The molecule has 1 aliphatic rings. The first-order chi connectivity index (χ1) is 17.1. The highest BCUT2D eigenvalue weighted by Crippen LogP contribution is 2.67. The van der Waals surface area contributed by atoms with Gasteiger partial charge in [-0.3, -0.25) is 4.99 Å². The standard InChI is InChI=1S/C32H56N2.NO3/c1-27(2,3)20-21-31(11,29(7,8)19-16-23-34-24-22-33-25-34)32(12,26-17-14-13-15-18-26)30(9,10)28(4,5)6;2-1(3)4/h13-15,17-18,25H,16,19-24H2,1-12H3;/q;-1. The Hall–Kier alpha value is -2.11. The maximum Gasteiger partial charge on any atom is 0.0851 e. The van der Waals surface area contributed by atoms with Crippen LogP contribution in [-0.4, -0.2) is 36.0 Å². The average molecular weight is 531 g/mol. The third-order valence-electron chi connectivity index (χ3n) is 10.5. The van der Waals surface area contributed by atoms with Gasteiger partial charge in [0.25, 0.3) is 0 Å². The summed E-state index contributed by atoms with van der Waals surface area (Å²) >= 11 is 0. The van der Waals surface area contributed by atoms with Crippen LogP contribution in [0.5, 0.6) is 0 Å². The van der Waals surface area contributed by atoms with Gasteiger partial charge in [0.15, 0.2) is 0 Å². The van der Waals surface area contributed by atoms with E-state index in [4.69, 9.17) is 15.3 Å². The highest BCUT2D eigenvalue weighted by atomic mass is 16.9. The van der Waals surface area contributed by atoms with Crippen molar-refractivity contribution in [2.24, 2.45) is 32.1 Å². The molecule has 1 heterocycles. The van der Waals surface area contributed by atoms with Crippen molar-refractivity contribution in [3.8, 4) is 0 Å². The number of aliphatic imine (C=N–C) groups is 1. The van der Waals surface area contributed by atoms with Gasteiger partial charge in [-0.15, -0.1) is 0 Å². The van der Waals surface area contributed by atoms with E-state index in [0.29, 0.717) is 5.41 Å². The van der Waals surface area contributed by atoms with Crippen LogP contribution in [0.2, 0.25) is 0 Å². The third-order valence-corrected chi connectivity index (χ3v) is 10.5. The zero-order valence-electron chi connectivity index (χ0n) is 26.5. The van der Waals surface area contributed by atoms with Crippen molar-refractivity contribution in [2.75, 3.05) is 19.6 Å². The van der Waals surface area contributed by atoms with Crippen LogP contribution < -0.4 is 0 Å². The van der Waals surface area contributed by atoms with Crippen molar-refractivity contribution in [3.05, 3.63) is 51.2 Å². The molecule has 0 spiro atoms. The first-order valence-electron chi connectivity index (χ1n) is 14.2. The normalized spacial score (nSPS) is 17.8. The molecule has 0 radical (unpaired) electrons. The van der Waals surface area contributed by atoms with Gasteiger partial charge >= 0.3 is 0 Å². The Morgan fingerprint density at radius 1 is 0.842 bits per heavy atom. The van der Waals surface area contributed by atoms with Crippen molar-refractivity contribution in [2.45, 2.75) is 114 Å². The van der Waals surface area contributed by atoms with Crippen molar-refractivity contribution >= 4 is 6.34 Å². The van der Waals surface area contributed by atoms with E-state index in [1.54, 1.807) is 0 Å². The Morgan fingerprint density at radius 2 is 1.37 bits per heavy atom. The molecule has 218 valence electrons. The van der Waals surface area contributed by atoms with E-state index in [-0.39, 0.29) is 27.1 Å². The lowest BCUT2D eigenvalue weighted by Crippen LogP contribution is -2.61. The van der Waals surface area contributed by atoms with Crippen LogP contribution in [0.1, 0.15) is 114 Å². The van der Waals surface area contributed by atoms with E-state index in [1.165, 1.54) is 31.2 Å². The maximum atomic E-state index is 8.25. The second-order valence-electron chi connectivity index (χ2n) is 15.0. The minimum atomic E-state index is -1.75. The van der Waals surface area contributed by atoms with Crippen molar-refractivity contribution < 1.29 is 5.09 Å². The van der Waals surface area contributed by atoms with Gasteiger partial charge in [-0.2, -0.15) is 0 Å². The predicted octanol–water partition coefficient (Wildman–Crippen LogP) is 8.76.